The molecule has 2 aromatic rings. The van der Waals surface area contributed by atoms with Crippen molar-refractivity contribution in [1.82, 2.24) is 25.2 Å². The van der Waals surface area contributed by atoms with E-state index >= 15 is 0 Å². The van der Waals surface area contributed by atoms with Gasteiger partial charge >= 0.3 is 6.18 Å². The van der Waals surface area contributed by atoms with Gasteiger partial charge in [0, 0.05) is 7.05 Å². The summed E-state index contributed by atoms with van der Waals surface area (Å²) in [5.41, 5.74) is -2.05. The minimum atomic E-state index is -4.81. The maximum atomic E-state index is 12.8. The Morgan fingerprint density at radius 1 is 1.40 bits per heavy atom. The average Bonchev–Trinajstić information content (AvgIpc) is 2.73. The van der Waals surface area contributed by atoms with Gasteiger partial charge in [-0.3, -0.25) is 10.1 Å². The summed E-state index contributed by atoms with van der Waals surface area (Å²) in [5.74, 6) is -1.14. The summed E-state index contributed by atoms with van der Waals surface area (Å²) in [6, 6.07) is 2.01. The Hall–Kier alpha value is -2.23. The van der Waals surface area contributed by atoms with E-state index < -0.39 is 23.3 Å². The average molecular weight is 307 g/mol. The zero-order chi connectivity index (χ0) is 14.9. The van der Waals surface area contributed by atoms with E-state index in [1.165, 1.54) is 7.05 Å². The van der Waals surface area contributed by atoms with Crippen LogP contribution in [-0.4, -0.2) is 31.1 Å². The molecule has 0 saturated heterocycles. The van der Waals surface area contributed by atoms with Crippen molar-refractivity contribution in [3.8, 4) is 0 Å². The largest absolute Gasteiger partial charge is 0.434 e. The zero-order valence-corrected chi connectivity index (χ0v) is 10.6. The number of pyridine rings is 1. The van der Waals surface area contributed by atoms with Crippen LogP contribution in [0.25, 0.3) is 0 Å². The summed E-state index contributed by atoms with van der Waals surface area (Å²) >= 11 is 5.42. The number of nitrogens with one attached hydrogen (secondary N) is 1. The first-order valence-electron chi connectivity index (χ1n) is 5.06. The number of hydrogen-bond acceptors (Lipinski definition) is 5. The standard InChI is InChI=1S/C9H6ClF3N6O/c1-19-8(16-17-18-19)15-7(20)4-2-3-5(10)14-6(4)9(11,12)13/h2-3H,1H3,(H,15,16,18,20). The minimum Gasteiger partial charge on any atom is -0.289 e. The number of halogens is 4. The van der Waals surface area contributed by atoms with Crippen molar-refractivity contribution in [3.05, 3.63) is 28.5 Å². The topological polar surface area (TPSA) is 85.6 Å². The second-order valence-corrected chi connectivity index (χ2v) is 4.00. The molecule has 0 aliphatic heterocycles. The Balaban J connectivity index is 2.37. The fourth-order valence-electron chi connectivity index (χ4n) is 1.34. The number of tetrazole rings is 1. The number of hydrogen-bond donors (Lipinski definition) is 1. The van der Waals surface area contributed by atoms with Gasteiger partial charge in [0.05, 0.1) is 5.56 Å². The van der Waals surface area contributed by atoms with Crippen LogP contribution >= 0.6 is 11.6 Å². The highest BCUT2D eigenvalue weighted by Crippen LogP contribution is 2.31. The number of aryl methyl sites for hydroxylation is 1. The first-order chi connectivity index (χ1) is 9.29. The lowest BCUT2D eigenvalue weighted by molar-refractivity contribution is -0.141. The summed E-state index contributed by atoms with van der Waals surface area (Å²) < 4.78 is 39.5. The number of alkyl halides is 3. The SMILES string of the molecule is Cn1nnnc1NC(=O)c1ccc(Cl)nc1C(F)(F)F. The Morgan fingerprint density at radius 3 is 2.65 bits per heavy atom. The summed E-state index contributed by atoms with van der Waals surface area (Å²) in [7, 11) is 1.42. The predicted molar refractivity (Wildman–Crippen MR) is 61.0 cm³/mol. The minimum absolute atomic E-state index is 0.0990. The van der Waals surface area contributed by atoms with Gasteiger partial charge in [0.2, 0.25) is 5.95 Å². The molecule has 0 fully saturated rings. The van der Waals surface area contributed by atoms with E-state index in [1.807, 2.05) is 0 Å². The third kappa shape index (κ3) is 2.85. The molecule has 0 bridgehead atoms. The second kappa shape index (κ2) is 5.04. The first kappa shape index (κ1) is 14.2. The molecule has 0 saturated carbocycles. The zero-order valence-electron chi connectivity index (χ0n) is 9.81. The van der Waals surface area contributed by atoms with Crippen LogP contribution in [0.1, 0.15) is 16.1 Å². The molecule has 7 nitrogen and oxygen atoms in total. The molecule has 2 aromatic heterocycles. The van der Waals surface area contributed by atoms with Crippen LogP contribution in [0.5, 0.6) is 0 Å². The van der Waals surface area contributed by atoms with Crippen LogP contribution < -0.4 is 5.32 Å². The van der Waals surface area contributed by atoms with Crippen molar-refractivity contribution in [2.75, 3.05) is 5.32 Å². The Bertz CT molecular complexity index is 655. The number of amides is 1. The molecular formula is C9H6ClF3N6O. The summed E-state index contributed by atoms with van der Waals surface area (Å²) in [4.78, 5) is 15.0. The Morgan fingerprint density at radius 2 is 2.10 bits per heavy atom. The Labute approximate surface area is 114 Å². The van der Waals surface area contributed by atoms with Crippen LogP contribution in [-0.2, 0) is 13.2 Å². The molecule has 0 unspecified atom stereocenters. The number of rotatable bonds is 2. The number of carbonyl (C=O) groups excluding carboxylic acids is 1. The van der Waals surface area contributed by atoms with Gasteiger partial charge in [0.25, 0.3) is 5.91 Å². The van der Waals surface area contributed by atoms with Gasteiger partial charge < -0.3 is 0 Å². The molecule has 0 atom stereocenters. The van der Waals surface area contributed by atoms with Crippen molar-refractivity contribution in [2.24, 2.45) is 7.05 Å². The lowest BCUT2D eigenvalue weighted by Crippen LogP contribution is -2.21. The molecule has 0 aliphatic rings. The van der Waals surface area contributed by atoms with Gasteiger partial charge in [-0.2, -0.15) is 13.2 Å². The van der Waals surface area contributed by atoms with E-state index in [-0.39, 0.29) is 11.1 Å². The van der Waals surface area contributed by atoms with E-state index in [9.17, 15) is 18.0 Å². The first-order valence-corrected chi connectivity index (χ1v) is 5.44. The quantitative estimate of drug-likeness (QED) is 0.850. The maximum absolute atomic E-state index is 12.8. The van der Waals surface area contributed by atoms with Crippen LogP contribution in [0.3, 0.4) is 0 Å². The molecule has 2 rings (SSSR count). The molecule has 0 aromatic carbocycles. The van der Waals surface area contributed by atoms with E-state index in [2.05, 4.69) is 25.8 Å². The van der Waals surface area contributed by atoms with Crippen LogP contribution in [0, 0.1) is 0 Å². The predicted octanol–water partition coefficient (Wildman–Crippen LogP) is 1.53. The molecule has 1 N–H and O–H groups in total. The monoisotopic (exact) mass is 306 g/mol. The van der Waals surface area contributed by atoms with Gasteiger partial charge in [-0.05, 0) is 22.6 Å². The van der Waals surface area contributed by atoms with Gasteiger partial charge in [0.15, 0.2) is 5.69 Å². The highest BCUT2D eigenvalue weighted by molar-refractivity contribution is 6.29. The van der Waals surface area contributed by atoms with Crippen molar-refractivity contribution in [2.45, 2.75) is 6.18 Å². The fourth-order valence-corrected chi connectivity index (χ4v) is 1.49. The summed E-state index contributed by atoms with van der Waals surface area (Å²) in [6.45, 7) is 0. The number of anilines is 1. The smallest absolute Gasteiger partial charge is 0.289 e. The van der Waals surface area contributed by atoms with Crippen molar-refractivity contribution in [3.63, 3.8) is 0 Å². The number of aromatic nitrogens is 5. The second-order valence-electron chi connectivity index (χ2n) is 3.61. The van der Waals surface area contributed by atoms with E-state index in [0.29, 0.717) is 0 Å². The Kier molecular flexibility index (Phi) is 3.57. The molecule has 0 spiro atoms. The molecule has 0 radical (unpaired) electrons. The van der Waals surface area contributed by atoms with Crippen LogP contribution in [0.2, 0.25) is 5.15 Å². The molecule has 1 amide bonds. The molecule has 20 heavy (non-hydrogen) atoms. The highest BCUT2D eigenvalue weighted by Gasteiger charge is 2.37. The van der Waals surface area contributed by atoms with E-state index in [0.717, 1.165) is 16.8 Å². The molecular weight excluding hydrogens is 301 g/mol. The summed E-state index contributed by atoms with van der Waals surface area (Å²) in [6.07, 6.45) is -4.81. The van der Waals surface area contributed by atoms with Crippen molar-refractivity contribution < 1.29 is 18.0 Å². The van der Waals surface area contributed by atoms with Crippen molar-refractivity contribution in [1.29, 1.82) is 0 Å². The number of nitrogens with zero attached hydrogens (tertiary/aromatic N) is 5. The van der Waals surface area contributed by atoms with Crippen LogP contribution in [0.15, 0.2) is 12.1 Å². The van der Waals surface area contributed by atoms with E-state index in [4.69, 9.17) is 11.6 Å². The van der Waals surface area contributed by atoms with Crippen LogP contribution in [0.4, 0.5) is 19.1 Å². The molecule has 0 aliphatic carbocycles. The van der Waals surface area contributed by atoms with Gasteiger partial charge in [-0.1, -0.05) is 16.7 Å². The normalized spacial score (nSPS) is 11.4. The third-order valence-corrected chi connectivity index (χ3v) is 2.43. The fraction of sp³-hybridized carbons (Fsp3) is 0.222. The van der Waals surface area contributed by atoms with E-state index in [1.54, 1.807) is 0 Å². The summed E-state index contributed by atoms with van der Waals surface area (Å²) in [5, 5.41) is 11.9. The van der Waals surface area contributed by atoms with Gasteiger partial charge in [-0.25, -0.2) is 9.67 Å². The molecule has 2 heterocycles. The number of carbonyl (C=O) groups is 1. The van der Waals surface area contributed by atoms with Crippen molar-refractivity contribution >= 4 is 23.5 Å². The third-order valence-electron chi connectivity index (χ3n) is 2.22. The molecule has 11 heteroatoms. The maximum Gasteiger partial charge on any atom is 0.434 e. The molecule has 106 valence electrons. The van der Waals surface area contributed by atoms with Gasteiger partial charge in [-0.15, -0.1) is 0 Å². The van der Waals surface area contributed by atoms with Gasteiger partial charge in [0.1, 0.15) is 5.15 Å². The lowest BCUT2D eigenvalue weighted by Gasteiger charge is -2.11. The lowest BCUT2D eigenvalue weighted by atomic mass is 10.1. The highest BCUT2D eigenvalue weighted by atomic mass is 35.5.